The maximum atomic E-state index is 12.9. The van der Waals surface area contributed by atoms with Gasteiger partial charge in [0.2, 0.25) is 5.91 Å². The first-order valence-corrected chi connectivity index (χ1v) is 11.4. The zero-order valence-electron chi connectivity index (χ0n) is 19.2. The van der Waals surface area contributed by atoms with E-state index in [-0.39, 0.29) is 17.9 Å². The van der Waals surface area contributed by atoms with Crippen molar-refractivity contribution in [1.82, 2.24) is 20.4 Å². The predicted molar refractivity (Wildman–Crippen MR) is 123 cm³/mol. The summed E-state index contributed by atoms with van der Waals surface area (Å²) in [6, 6.07) is 7.86. The topological polar surface area (TPSA) is 93.4 Å². The molecule has 1 amide bonds. The highest BCUT2D eigenvalue weighted by atomic mass is 16.5. The summed E-state index contributed by atoms with van der Waals surface area (Å²) in [5, 5.41) is 8.12. The van der Waals surface area contributed by atoms with Gasteiger partial charge in [-0.15, -0.1) is 0 Å². The van der Waals surface area contributed by atoms with Gasteiger partial charge in [-0.3, -0.25) is 4.79 Å². The van der Waals surface area contributed by atoms with Gasteiger partial charge in [-0.2, -0.15) is 4.98 Å². The molecule has 3 heterocycles. The summed E-state index contributed by atoms with van der Waals surface area (Å²) in [5.74, 6) is 2.28. The van der Waals surface area contributed by atoms with Crippen LogP contribution in [0.1, 0.15) is 50.7 Å². The molecule has 4 rings (SSSR count). The van der Waals surface area contributed by atoms with Crippen molar-refractivity contribution in [3.8, 4) is 5.75 Å². The Morgan fingerprint density at radius 2 is 2.06 bits per heavy atom. The average molecular weight is 438 g/mol. The summed E-state index contributed by atoms with van der Waals surface area (Å²) in [5.41, 5.74) is 2.42. The number of piperidine rings is 1. The fourth-order valence-corrected chi connectivity index (χ4v) is 4.14. The number of hydrogen-bond donors (Lipinski definition) is 1. The Kier molecular flexibility index (Phi) is 6.58. The van der Waals surface area contributed by atoms with Crippen LogP contribution >= 0.6 is 0 Å². The lowest BCUT2D eigenvalue weighted by atomic mass is 9.96. The number of aromatic nitrogens is 3. The monoisotopic (exact) mass is 437 g/mol. The van der Waals surface area contributed by atoms with E-state index in [0.29, 0.717) is 24.6 Å². The van der Waals surface area contributed by atoms with Crippen molar-refractivity contribution >= 4 is 22.8 Å². The zero-order chi connectivity index (χ0) is 22.7. The quantitative estimate of drug-likeness (QED) is 0.601. The number of benzene rings is 1. The van der Waals surface area contributed by atoms with Crippen molar-refractivity contribution in [2.75, 3.05) is 18.0 Å². The van der Waals surface area contributed by atoms with Crippen LogP contribution in [0.4, 0.5) is 5.82 Å². The van der Waals surface area contributed by atoms with Gasteiger partial charge in [0.15, 0.2) is 0 Å². The molecular weight excluding hydrogens is 406 g/mol. The minimum atomic E-state index is -0.0949. The van der Waals surface area contributed by atoms with Crippen LogP contribution in [0.25, 0.3) is 11.1 Å². The molecule has 1 aliphatic heterocycles. The molecule has 8 nitrogen and oxygen atoms in total. The van der Waals surface area contributed by atoms with Gasteiger partial charge in [0, 0.05) is 19.6 Å². The number of carbonyl (C=O) groups excluding carboxylic acids is 1. The van der Waals surface area contributed by atoms with E-state index in [1.165, 1.54) is 0 Å². The summed E-state index contributed by atoms with van der Waals surface area (Å²) in [4.78, 5) is 24.2. The Labute approximate surface area is 188 Å². The van der Waals surface area contributed by atoms with Gasteiger partial charge in [-0.1, -0.05) is 24.2 Å². The van der Waals surface area contributed by atoms with E-state index in [0.717, 1.165) is 54.0 Å². The molecule has 0 aliphatic carbocycles. The summed E-state index contributed by atoms with van der Waals surface area (Å²) in [7, 11) is 0. The van der Waals surface area contributed by atoms with Crippen molar-refractivity contribution in [1.29, 1.82) is 0 Å². The highest BCUT2D eigenvalue weighted by molar-refractivity contribution is 5.89. The fraction of sp³-hybridized carbons (Fsp3) is 0.500. The Balaban J connectivity index is 1.42. The molecule has 8 heteroatoms. The van der Waals surface area contributed by atoms with Gasteiger partial charge in [-0.05, 0) is 57.7 Å². The molecule has 0 saturated carbocycles. The van der Waals surface area contributed by atoms with E-state index in [9.17, 15) is 4.79 Å². The number of rotatable bonds is 7. The third kappa shape index (κ3) is 4.84. The minimum Gasteiger partial charge on any atom is -0.491 e. The number of ether oxygens (including phenoxy) is 1. The van der Waals surface area contributed by atoms with Gasteiger partial charge in [0.05, 0.1) is 17.7 Å². The van der Waals surface area contributed by atoms with Crippen LogP contribution in [0.15, 0.2) is 28.8 Å². The molecule has 1 saturated heterocycles. The Morgan fingerprint density at radius 1 is 1.28 bits per heavy atom. The number of nitrogens with zero attached hydrogens (tertiary/aromatic N) is 4. The molecular formula is C24H31N5O3. The molecule has 1 unspecified atom stereocenters. The van der Waals surface area contributed by atoms with Crippen LogP contribution < -0.4 is 15.0 Å². The van der Waals surface area contributed by atoms with Gasteiger partial charge in [-0.25, -0.2) is 4.98 Å². The zero-order valence-corrected chi connectivity index (χ0v) is 19.2. The van der Waals surface area contributed by atoms with Crippen LogP contribution in [-0.2, 0) is 17.8 Å². The first-order chi connectivity index (χ1) is 15.4. The number of anilines is 1. The lowest BCUT2D eigenvalue weighted by molar-refractivity contribution is -0.125. The van der Waals surface area contributed by atoms with Crippen molar-refractivity contribution in [2.24, 2.45) is 5.92 Å². The van der Waals surface area contributed by atoms with E-state index in [1.54, 1.807) is 0 Å². The maximum Gasteiger partial charge on any atom is 0.263 e. The van der Waals surface area contributed by atoms with Crippen molar-refractivity contribution in [2.45, 2.75) is 59.6 Å². The standard InChI is InChI=1S/C24H31N5O3/c1-5-20-21-22(26-16(4)27-24(21)32-28-20)29-12-6-7-18(14-29)23(30)25-13-17-8-10-19(11-9-17)31-15(2)3/h8-11,15,18H,5-7,12-14H2,1-4H3,(H,25,30). The summed E-state index contributed by atoms with van der Waals surface area (Å²) < 4.78 is 11.1. The number of nitrogens with one attached hydrogen (secondary N) is 1. The van der Waals surface area contributed by atoms with E-state index in [1.807, 2.05) is 52.0 Å². The lowest BCUT2D eigenvalue weighted by Gasteiger charge is -2.33. The first kappa shape index (κ1) is 22.0. The molecule has 1 aliphatic rings. The number of amides is 1. The van der Waals surface area contributed by atoms with Crippen LogP contribution in [-0.4, -0.2) is 40.2 Å². The molecule has 0 spiro atoms. The molecule has 2 aromatic heterocycles. The largest absolute Gasteiger partial charge is 0.491 e. The van der Waals surface area contributed by atoms with Crippen molar-refractivity contribution in [3.63, 3.8) is 0 Å². The molecule has 1 N–H and O–H groups in total. The van der Waals surface area contributed by atoms with E-state index in [4.69, 9.17) is 14.2 Å². The Hall–Kier alpha value is -3.16. The van der Waals surface area contributed by atoms with Crippen molar-refractivity contribution in [3.05, 3.63) is 41.3 Å². The number of carbonyl (C=O) groups is 1. The van der Waals surface area contributed by atoms with Crippen LogP contribution in [0.3, 0.4) is 0 Å². The van der Waals surface area contributed by atoms with Crippen LogP contribution in [0, 0.1) is 12.8 Å². The number of fused-ring (bicyclic) bond motifs is 1. The molecule has 0 radical (unpaired) electrons. The fourth-order valence-electron chi connectivity index (χ4n) is 4.14. The minimum absolute atomic E-state index is 0.0697. The summed E-state index contributed by atoms with van der Waals surface area (Å²) in [6.45, 7) is 9.86. The molecule has 0 bridgehead atoms. The SMILES string of the molecule is CCc1noc2nc(C)nc(N3CCCC(C(=O)NCc4ccc(OC(C)C)cc4)C3)c12. The first-order valence-electron chi connectivity index (χ1n) is 11.4. The number of hydrogen-bond acceptors (Lipinski definition) is 7. The molecule has 1 atom stereocenters. The second-order valence-electron chi connectivity index (χ2n) is 8.57. The van der Waals surface area contributed by atoms with E-state index >= 15 is 0 Å². The molecule has 3 aromatic rings. The third-order valence-corrected chi connectivity index (χ3v) is 5.69. The molecule has 1 fully saturated rings. The maximum absolute atomic E-state index is 12.9. The molecule has 1 aromatic carbocycles. The predicted octanol–water partition coefficient (Wildman–Crippen LogP) is 3.81. The van der Waals surface area contributed by atoms with Crippen LogP contribution in [0.2, 0.25) is 0 Å². The average Bonchev–Trinajstić information content (AvgIpc) is 3.20. The number of aryl methyl sites for hydroxylation is 2. The highest BCUT2D eigenvalue weighted by Gasteiger charge is 2.29. The van der Waals surface area contributed by atoms with Gasteiger partial charge >= 0.3 is 0 Å². The Morgan fingerprint density at radius 3 is 2.78 bits per heavy atom. The van der Waals surface area contributed by atoms with E-state index in [2.05, 4.69) is 20.4 Å². The van der Waals surface area contributed by atoms with Crippen molar-refractivity contribution < 1.29 is 14.1 Å². The summed E-state index contributed by atoms with van der Waals surface area (Å²) in [6.07, 6.45) is 2.67. The normalized spacial score (nSPS) is 16.5. The second-order valence-corrected chi connectivity index (χ2v) is 8.57. The van der Waals surface area contributed by atoms with Gasteiger partial charge in [0.25, 0.3) is 5.71 Å². The molecule has 170 valence electrons. The van der Waals surface area contributed by atoms with Crippen LogP contribution in [0.5, 0.6) is 5.75 Å². The second kappa shape index (κ2) is 9.54. The third-order valence-electron chi connectivity index (χ3n) is 5.69. The van der Waals surface area contributed by atoms with E-state index < -0.39 is 0 Å². The molecule has 32 heavy (non-hydrogen) atoms. The smallest absolute Gasteiger partial charge is 0.263 e. The van der Waals surface area contributed by atoms with Gasteiger partial charge < -0.3 is 19.5 Å². The lowest BCUT2D eigenvalue weighted by Crippen LogP contribution is -2.43. The van der Waals surface area contributed by atoms with Gasteiger partial charge in [0.1, 0.15) is 22.8 Å². The Bertz CT molecular complexity index is 1080. The summed E-state index contributed by atoms with van der Waals surface area (Å²) >= 11 is 0. The highest BCUT2D eigenvalue weighted by Crippen LogP contribution is 2.31.